The molecule has 1 aromatic heterocycles. The van der Waals surface area contributed by atoms with Gasteiger partial charge in [0.05, 0.1) is 10.3 Å². The molecule has 17 heavy (non-hydrogen) atoms. The number of rotatable bonds is 1. The van der Waals surface area contributed by atoms with Crippen molar-refractivity contribution in [2.24, 2.45) is 0 Å². The van der Waals surface area contributed by atoms with Crippen LogP contribution < -0.4 is 5.73 Å². The molecule has 0 amide bonds. The first-order valence-electron chi connectivity index (χ1n) is 4.86. The zero-order valence-corrected chi connectivity index (χ0v) is 9.81. The maximum Gasteiger partial charge on any atom is 0.182 e. The summed E-state index contributed by atoms with van der Waals surface area (Å²) in [7, 11) is 0. The molecular weight excluding hydrogens is 239 g/mol. The highest BCUT2D eigenvalue weighted by Gasteiger charge is 2.18. The number of nitriles is 1. The number of phenols is 1. The standard InChI is InChI=1S/C12H9FN2OS/c1-2-3-6-4-8(16)10(13)11-9(6)7(5-14)12(15)17-11/h2-4,16H,15H2,1H3/b3-2+. The molecule has 0 aliphatic heterocycles. The van der Waals surface area contributed by atoms with Gasteiger partial charge in [0.1, 0.15) is 11.1 Å². The summed E-state index contributed by atoms with van der Waals surface area (Å²) in [6.45, 7) is 1.80. The van der Waals surface area contributed by atoms with Crippen molar-refractivity contribution in [3.63, 3.8) is 0 Å². The van der Waals surface area contributed by atoms with Crippen LogP contribution in [0.15, 0.2) is 12.1 Å². The van der Waals surface area contributed by atoms with Gasteiger partial charge in [0.2, 0.25) is 0 Å². The van der Waals surface area contributed by atoms with E-state index in [0.717, 1.165) is 11.3 Å². The summed E-state index contributed by atoms with van der Waals surface area (Å²) in [5.41, 5.74) is 6.52. The maximum absolute atomic E-state index is 13.7. The van der Waals surface area contributed by atoms with Crippen LogP contribution in [0.3, 0.4) is 0 Å². The number of phenolic OH excluding ortho intramolecular Hbond substituents is 1. The van der Waals surface area contributed by atoms with Crippen molar-refractivity contribution in [1.82, 2.24) is 0 Å². The van der Waals surface area contributed by atoms with Crippen molar-refractivity contribution < 1.29 is 9.50 Å². The Labute approximate surface area is 101 Å². The summed E-state index contributed by atoms with van der Waals surface area (Å²) in [6.07, 6.45) is 3.45. The number of anilines is 1. The lowest BCUT2D eigenvalue weighted by molar-refractivity contribution is 0.436. The van der Waals surface area contributed by atoms with Gasteiger partial charge < -0.3 is 10.8 Å². The van der Waals surface area contributed by atoms with Gasteiger partial charge in [0.15, 0.2) is 11.6 Å². The Kier molecular flexibility index (Phi) is 2.74. The highest BCUT2D eigenvalue weighted by Crippen LogP contribution is 2.40. The number of halogens is 1. The number of hydrogen-bond donors (Lipinski definition) is 2. The van der Waals surface area contributed by atoms with Crippen molar-refractivity contribution in [3.8, 4) is 11.8 Å². The molecule has 2 rings (SSSR count). The third-order valence-corrected chi connectivity index (χ3v) is 3.41. The molecule has 0 fully saturated rings. The van der Waals surface area contributed by atoms with Gasteiger partial charge >= 0.3 is 0 Å². The Morgan fingerprint density at radius 1 is 1.59 bits per heavy atom. The molecule has 0 atom stereocenters. The molecule has 0 unspecified atom stereocenters. The van der Waals surface area contributed by atoms with Crippen molar-refractivity contribution in [2.45, 2.75) is 6.92 Å². The minimum absolute atomic E-state index is 0.215. The van der Waals surface area contributed by atoms with Crippen LogP contribution in [0.1, 0.15) is 18.1 Å². The van der Waals surface area contributed by atoms with Crippen LogP contribution in [-0.2, 0) is 0 Å². The second-order valence-electron chi connectivity index (χ2n) is 3.46. The lowest BCUT2D eigenvalue weighted by atomic mass is 10.1. The summed E-state index contributed by atoms with van der Waals surface area (Å²) in [4.78, 5) is 0. The first-order valence-corrected chi connectivity index (χ1v) is 5.68. The highest BCUT2D eigenvalue weighted by molar-refractivity contribution is 7.23. The Morgan fingerprint density at radius 2 is 2.29 bits per heavy atom. The van der Waals surface area contributed by atoms with Crippen LogP contribution in [0.2, 0.25) is 0 Å². The molecule has 5 heteroatoms. The van der Waals surface area contributed by atoms with Crippen LogP contribution in [0.25, 0.3) is 16.2 Å². The Morgan fingerprint density at radius 3 is 2.88 bits per heavy atom. The van der Waals surface area contributed by atoms with Gasteiger partial charge in [-0.2, -0.15) is 5.26 Å². The number of allylic oxidation sites excluding steroid dienone is 1. The van der Waals surface area contributed by atoms with Gasteiger partial charge in [0.25, 0.3) is 0 Å². The van der Waals surface area contributed by atoms with E-state index in [-0.39, 0.29) is 15.3 Å². The fourth-order valence-electron chi connectivity index (χ4n) is 1.70. The molecule has 2 aromatic rings. The number of hydrogen-bond acceptors (Lipinski definition) is 4. The molecular formula is C12H9FN2OS. The van der Waals surface area contributed by atoms with E-state index in [2.05, 4.69) is 0 Å². The average molecular weight is 248 g/mol. The summed E-state index contributed by atoms with van der Waals surface area (Å²) in [5.74, 6) is -1.16. The number of aromatic hydroxyl groups is 1. The fraction of sp³-hybridized carbons (Fsp3) is 0.0833. The predicted octanol–water partition coefficient (Wildman–Crippen LogP) is 3.23. The van der Waals surface area contributed by atoms with E-state index in [4.69, 9.17) is 11.0 Å². The van der Waals surface area contributed by atoms with Crippen molar-refractivity contribution in [3.05, 3.63) is 29.1 Å². The van der Waals surface area contributed by atoms with Crippen LogP contribution in [0, 0.1) is 17.1 Å². The first-order chi connectivity index (χ1) is 8.10. The van der Waals surface area contributed by atoms with Crippen LogP contribution in [0.5, 0.6) is 5.75 Å². The zero-order chi connectivity index (χ0) is 12.6. The maximum atomic E-state index is 13.7. The van der Waals surface area contributed by atoms with Gasteiger partial charge in [-0.25, -0.2) is 4.39 Å². The lowest BCUT2D eigenvalue weighted by Crippen LogP contribution is -1.85. The molecule has 0 saturated heterocycles. The normalized spacial score (nSPS) is 11.1. The number of benzene rings is 1. The van der Waals surface area contributed by atoms with Crippen LogP contribution >= 0.6 is 11.3 Å². The van der Waals surface area contributed by atoms with E-state index in [0.29, 0.717) is 10.9 Å². The van der Waals surface area contributed by atoms with Crippen LogP contribution in [-0.4, -0.2) is 5.11 Å². The quantitative estimate of drug-likeness (QED) is 0.813. The SMILES string of the molecule is C/C=C/c1cc(O)c(F)c2sc(N)c(C#N)c12. The molecule has 0 aliphatic carbocycles. The molecule has 0 aliphatic rings. The minimum atomic E-state index is -0.730. The van der Waals surface area contributed by atoms with Gasteiger partial charge in [-0.05, 0) is 18.6 Å². The van der Waals surface area contributed by atoms with E-state index < -0.39 is 11.6 Å². The Bertz CT molecular complexity index is 667. The molecule has 3 nitrogen and oxygen atoms in total. The van der Waals surface area contributed by atoms with Crippen molar-refractivity contribution in [2.75, 3.05) is 5.73 Å². The molecule has 0 saturated carbocycles. The monoisotopic (exact) mass is 248 g/mol. The largest absolute Gasteiger partial charge is 0.505 e. The topological polar surface area (TPSA) is 70.0 Å². The molecule has 1 heterocycles. The molecule has 1 aromatic carbocycles. The number of fused-ring (bicyclic) bond motifs is 1. The Balaban J connectivity index is 3.01. The second-order valence-corrected chi connectivity index (χ2v) is 4.51. The fourth-order valence-corrected chi connectivity index (χ4v) is 2.69. The second kappa shape index (κ2) is 4.07. The summed E-state index contributed by atoms with van der Waals surface area (Å²) in [6, 6.07) is 3.26. The third-order valence-electron chi connectivity index (χ3n) is 2.40. The third kappa shape index (κ3) is 1.63. The van der Waals surface area contributed by atoms with Gasteiger partial charge in [-0.1, -0.05) is 12.2 Å². The van der Waals surface area contributed by atoms with Crippen molar-refractivity contribution in [1.29, 1.82) is 5.26 Å². The molecule has 0 bridgehead atoms. The Hall–Kier alpha value is -2.06. The average Bonchev–Trinajstić information content (AvgIpc) is 2.63. The van der Waals surface area contributed by atoms with Gasteiger partial charge in [0, 0.05) is 5.39 Å². The molecule has 3 N–H and O–H groups in total. The number of nitrogens with two attached hydrogens (primary N) is 1. The van der Waals surface area contributed by atoms with Crippen LogP contribution in [0.4, 0.5) is 9.39 Å². The lowest BCUT2D eigenvalue weighted by Gasteiger charge is -2.01. The van der Waals surface area contributed by atoms with Gasteiger partial charge in [-0.15, -0.1) is 11.3 Å². The predicted molar refractivity (Wildman–Crippen MR) is 67.3 cm³/mol. The van der Waals surface area contributed by atoms with E-state index in [1.165, 1.54) is 6.07 Å². The number of nitrogens with zero attached hydrogens (tertiary/aromatic N) is 1. The number of thiophene rings is 1. The summed E-state index contributed by atoms with van der Waals surface area (Å²) < 4.78 is 13.9. The number of nitrogen functional groups attached to an aromatic ring is 1. The first kappa shape index (κ1) is 11.4. The zero-order valence-electron chi connectivity index (χ0n) is 8.99. The molecule has 86 valence electrons. The van der Waals surface area contributed by atoms with E-state index in [9.17, 15) is 9.50 Å². The molecule has 0 spiro atoms. The van der Waals surface area contributed by atoms with E-state index in [1.807, 2.05) is 6.07 Å². The minimum Gasteiger partial charge on any atom is -0.505 e. The summed E-state index contributed by atoms with van der Waals surface area (Å²) >= 11 is 0.971. The van der Waals surface area contributed by atoms with Crippen molar-refractivity contribution >= 4 is 32.5 Å². The van der Waals surface area contributed by atoms with E-state index >= 15 is 0 Å². The summed E-state index contributed by atoms with van der Waals surface area (Å²) in [5, 5.41) is 19.2. The molecule has 0 radical (unpaired) electrons. The smallest absolute Gasteiger partial charge is 0.182 e. The van der Waals surface area contributed by atoms with Gasteiger partial charge in [-0.3, -0.25) is 0 Å². The highest BCUT2D eigenvalue weighted by atomic mass is 32.1. The van der Waals surface area contributed by atoms with E-state index in [1.54, 1.807) is 19.1 Å².